The smallest absolute Gasteiger partial charge is 0.309 e. The van der Waals surface area contributed by atoms with Crippen molar-refractivity contribution in [1.29, 1.82) is 0 Å². The van der Waals surface area contributed by atoms with Crippen LogP contribution in [-0.4, -0.2) is 29.0 Å². The van der Waals surface area contributed by atoms with Crippen molar-refractivity contribution in [1.82, 2.24) is 9.97 Å². The fourth-order valence-electron chi connectivity index (χ4n) is 2.81. The van der Waals surface area contributed by atoms with E-state index in [9.17, 15) is 4.79 Å². The highest BCUT2D eigenvalue weighted by atomic mass is 16.5. The van der Waals surface area contributed by atoms with Gasteiger partial charge in [-0.2, -0.15) is 0 Å². The molecule has 1 aliphatic rings. The van der Waals surface area contributed by atoms with E-state index in [2.05, 4.69) is 14.9 Å². The van der Waals surface area contributed by atoms with Crippen LogP contribution in [0.3, 0.4) is 0 Å². The minimum absolute atomic E-state index is 0.0287. The molecule has 1 aromatic heterocycles. The molecule has 0 saturated carbocycles. The van der Waals surface area contributed by atoms with Crippen molar-refractivity contribution in [3.05, 3.63) is 53.9 Å². The quantitative estimate of drug-likeness (QED) is 0.813. The monoisotopic (exact) mass is 311 g/mol. The summed E-state index contributed by atoms with van der Waals surface area (Å²) in [6, 6.07) is 9.79. The number of piperidine rings is 1. The summed E-state index contributed by atoms with van der Waals surface area (Å²) in [7, 11) is 0. The topological polar surface area (TPSA) is 55.3 Å². The lowest BCUT2D eigenvalue weighted by atomic mass is 9.97. The van der Waals surface area contributed by atoms with E-state index in [0.717, 1.165) is 43.0 Å². The van der Waals surface area contributed by atoms with Gasteiger partial charge in [0.05, 0.1) is 5.92 Å². The van der Waals surface area contributed by atoms with Gasteiger partial charge in [-0.15, -0.1) is 0 Å². The highest BCUT2D eigenvalue weighted by Gasteiger charge is 2.27. The van der Waals surface area contributed by atoms with E-state index in [0.29, 0.717) is 6.61 Å². The van der Waals surface area contributed by atoms with Gasteiger partial charge in [0, 0.05) is 25.5 Å². The number of aryl methyl sites for hydroxylation is 1. The zero-order chi connectivity index (χ0) is 16.1. The first-order valence-corrected chi connectivity index (χ1v) is 7.97. The SMILES string of the molecule is Cc1ccccc1COC(=O)C1CCN(c2ncccn2)CC1. The van der Waals surface area contributed by atoms with Crippen LogP contribution in [0, 0.1) is 12.8 Å². The third-order valence-electron chi connectivity index (χ3n) is 4.29. The number of aromatic nitrogens is 2. The zero-order valence-corrected chi connectivity index (χ0v) is 13.3. The van der Waals surface area contributed by atoms with Gasteiger partial charge < -0.3 is 9.64 Å². The first-order chi connectivity index (χ1) is 11.2. The van der Waals surface area contributed by atoms with Crippen molar-refractivity contribution in [3.63, 3.8) is 0 Å². The molecule has 1 aliphatic heterocycles. The Kier molecular flexibility index (Phi) is 4.86. The third kappa shape index (κ3) is 3.86. The minimum atomic E-state index is -0.0955. The van der Waals surface area contributed by atoms with Crippen LogP contribution in [0.4, 0.5) is 5.95 Å². The second-order valence-electron chi connectivity index (χ2n) is 5.84. The summed E-state index contributed by atoms with van der Waals surface area (Å²) in [6.45, 7) is 3.96. The fraction of sp³-hybridized carbons (Fsp3) is 0.389. The molecule has 2 aromatic rings. The van der Waals surface area contributed by atoms with Crippen LogP contribution < -0.4 is 4.90 Å². The number of nitrogens with zero attached hydrogens (tertiary/aromatic N) is 3. The summed E-state index contributed by atoms with van der Waals surface area (Å²) in [5.74, 6) is 0.611. The van der Waals surface area contributed by atoms with Gasteiger partial charge in [0.1, 0.15) is 6.61 Å². The Balaban J connectivity index is 1.50. The molecule has 0 spiro atoms. The van der Waals surface area contributed by atoms with Crippen LogP contribution in [0.15, 0.2) is 42.7 Å². The van der Waals surface area contributed by atoms with E-state index >= 15 is 0 Å². The summed E-state index contributed by atoms with van der Waals surface area (Å²) in [5.41, 5.74) is 2.22. The molecule has 0 aliphatic carbocycles. The Morgan fingerprint density at radius 3 is 2.57 bits per heavy atom. The van der Waals surface area contributed by atoms with E-state index in [1.54, 1.807) is 18.5 Å². The average Bonchev–Trinajstić information content (AvgIpc) is 2.62. The van der Waals surface area contributed by atoms with E-state index < -0.39 is 0 Å². The molecule has 1 fully saturated rings. The van der Waals surface area contributed by atoms with Gasteiger partial charge in [-0.3, -0.25) is 4.79 Å². The first kappa shape index (κ1) is 15.5. The largest absolute Gasteiger partial charge is 0.461 e. The molecule has 5 nitrogen and oxygen atoms in total. The van der Waals surface area contributed by atoms with Crippen LogP contribution in [-0.2, 0) is 16.1 Å². The van der Waals surface area contributed by atoms with Crippen molar-refractivity contribution in [2.75, 3.05) is 18.0 Å². The van der Waals surface area contributed by atoms with Gasteiger partial charge in [0.25, 0.3) is 0 Å². The number of benzene rings is 1. The van der Waals surface area contributed by atoms with Crippen molar-refractivity contribution in [3.8, 4) is 0 Å². The summed E-state index contributed by atoms with van der Waals surface area (Å²) in [6.07, 6.45) is 5.05. The van der Waals surface area contributed by atoms with Crippen molar-refractivity contribution >= 4 is 11.9 Å². The second kappa shape index (κ2) is 7.22. The molecule has 0 radical (unpaired) electrons. The van der Waals surface area contributed by atoms with Crippen LogP contribution in [0.2, 0.25) is 0 Å². The minimum Gasteiger partial charge on any atom is -0.461 e. The summed E-state index contributed by atoms with van der Waals surface area (Å²) >= 11 is 0. The highest BCUT2D eigenvalue weighted by Crippen LogP contribution is 2.22. The molecule has 1 saturated heterocycles. The number of hydrogen-bond donors (Lipinski definition) is 0. The Labute approximate surface area is 136 Å². The first-order valence-electron chi connectivity index (χ1n) is 7.97. The van der Waals surface area contributed by atoms with Crippen LogP contribution in [0.25, 0.3) is 0 Å². The zero-order valence-electron chi connectivity index (χ0n) is 13.3. The van der Waals surface area contributed by atoms with E-state index in [-0.39, 0.29) is 11.9 Å². The van der Waals surface area contributed by atoms with Crippen molar-refractivity contribution in [2.45, 2.75) is 26.4 Å². The Bertz CT molecular complexity index is 652. The maximum absolute atomic E-state index is 12.3. The van der Waals surface area contributed by atoms with Crippen LogP contribution in [0.5, 0.6) is 0 Å². The van der Waals surface area contributed by atoms with Crippen LogP contribution in [0.1, 0.15) is 24.0 Å². The predicted molar refractivity (Wildman–Crippen MR) is 87.9 cm³/mol. The Morgan fingerprint density at radius 1 is 1.17 bits per heavy atom. The Hall–Kier alpha value is -2.43. The van der Waals surface area contributed by atoms with E-state index in [4.69, 9.17) is 4.74 Å². The number of ether oxygens (including phenoxy) is 1. The highest BCUT2D eigenvalue weighted by molar-refractivity contribution is 5.72. The maximum atomic E-state index is 12.3. The van der Waals surface area contributed by atoms with Gasteiger partial charge in [-0.25, -0.2) is 9.97 Å². The molecule has 5 heteroatoms. The Morgan fingerprint density at radius 2 is 1.87 bits per heavy atom. The van der Waals surface area contributed by atoms with Gasteiger partial charge in [0.2, 0.25) is 5.95 Å². The number of carbonyl (C=O) groups is 1. The number of carbonyl (C=O) groups excluding carboxylic acids is 1. The van der Waals surface area contributed by atoms with E-state index in [1.807, 2.05) is 31.2 Å². The second-order valence-corrected chi connectivity index (χ2v) is 5.84. The molecule has 3 rings (SSSR count). The number of rotatable bonds is 4. The summed E-state index contributed by atoms with van der Waals surface area (Å²) < 4.78 is 5.50. The maximum Gasteiger partial charge on any atom is 0.309 e. The van der Waals surface area contributed by atoms with Crippen molar-refractivity contribution in [2.24, 2.45) is 5.92 Å². The van der Waals surface area contributed by atoms with E-state index in [1.165, 1.54) is 0 Å². The fourth-order valence-corrected chi connectivity index (χ4v) is 2.81. The summed E-state index contributed by atoms with van der Waals surface area (Å²) in [5, 5.41) is 0. The molecule has 0 atom stereocenters. The van der Waals surface area contributed by atoms with Gasteiger partial charge in [-0.05, 0) is 37.0 Å². The van der Waals surface area contributed by atoms with Crippen LogP contribution >= 0.6 is 0 Å². The molecule has 23 heavy (non-hydrogen) atoms. The molecular weight excluding hydrogens is 290 g/mol. The van der Waals surface area contributed by atoms with Gasteiger partial charge in [0.15, 0.2) is 0 Å². The molecule has 0 unspecified atom stereocenters. The van der Waals surface area contributed by atoms with Crippen molar-refractivity contribution < 1.29 is 9.53 Å². The lowest BCUT2D eigenvalue weighted by molar-refractivity contribution is -0.150. The molecular formula is C18H21N3O2. The standard InChI is InChI=1S/C18H21N3O2/c1-14-5-2-3-6-16(14)13-23-17(22)15-7-11-21(12-8-15)18-19-9-4-10-20-18/h2-6,9-10,15H,7-8,11-13H2,1H3. The van der Waals surface area contributed by atoms with Gasteiger partial charge in [-0.1, -0.05) is 24.3 Å². The third-order valence-corrected chi connectivity index (χ3v) is 4.29. The lowest BCUT2D eigenvalue weighted by Crippen LogP contribution is -2.37. The summed E-state index contributed by atoms with van der Waals surface area (Å²) in [4.78, 5) is 22.9. The number of hydrogen-bond acceptors (Lipinski definition) is 5. The number of esters is 1. The number of anilines is 1. The molecule has 0 N–H and O–H groups in total. The molecule has 1 aromatic carbocycles. The molecule has 2 heterocycles. The molecule has 120 valence electrons. The van der Waals surface area contributed by atoms with Gasteiger partial charge >= 0.3 is 5.97 Å². The molecule has 0 amide bonds. The average molecular weight is 311 g/mol. The molecule has 0 bridgehead atoms. The predicted octanol–water partition coefficient (Wildman–Crippen LogP) is 2.74. The normalized spacial score (nSPS) is 15.4. The lowest BCUT2D eigenvalue weighted by Gasteiger charge is -2.30.